The summed E-state index contributed by atoms with van der Waals surface area (Å²) in [5.41, 5.74) is 1.67. The fourth-order valence-corrected chi connectivity index (χ4v) is 2.17. The van der Waals surface area contributed by atoms with Crippen LogP contribution in [0.2, 0.25) is 5.02 Å². The number of aromatic amines is 1. The Bertz CT molecular complexity index is 695. The summed E-state index contributed by atoms with van der Waals surface area (Å²) >= 11 is 6.24. The first-order valence-corrected chi connectivity index (χ1v) is 6.21. The zero-order chi connectivity index (χ0) is 13.2. The van der Waals surface area contributed by atoms with E-state index in [1.165, 1.54) is 0 Å². The van der Waals surface area contributed by atoms with E-state index in [1.807, 2.05) is 30.3 Å². The molecule has 96 valence electrons. The number of hydrogen-bond donors (Lipinski definition) is 1. The van der Waals surface area contributed by atoms with E-state index in [0.717, 1.165) is 22.5 Å². The fraction of sp³-hybridized carbons (Fsp3) is 0.154. The minimum atomic E-state index is 0.628. The van der Waals surface area contributed by atoms with Crippen LogP contribution in [0.3, 0.4) is 0 Å². The molecule has 0 fully saturated rings. The zero-order valence-corrected chi connectivity index (χ0v) is 11.1. The first kappa shape index (κ1) is 11.9. The number of pyridine rings is 1. The van der Waals surface area contributed by atoms with Crippen LogP contribution in [0.1, 0.15) is 5.69 Å². The van der Waals surface area contributed by atoms with Gasteiger partial charge in [0.25, 0.3) is 0 Å². The third-order valence-electron chi connectivity index (χ3n) is 2.87. The average molecular weight is 274 g/mol. The summed E-state index contributed by atoms with van der Waals surface area (Å²) in [7, 11) is 1.95. The summed E-state index contributed by atoms with van der Waals surface area (Å²) in [5.74, 6) is 0.797. The van der Waals surface area contributed by atoms with Gasteiger partial charge in [-0.1, -0.05) is 11.6 Å². The highest BCUT2D eigenvalue weighted by molar-refractivity contribution is 6.35. The van der Waals surface area contributed by atoms with Crippen LogP contribution in [0.25, 0.3) is 11.0 Å². The predicted octanol–water partition coefficient (Wildman–Crippen LogP) is 2.64. The highest BCUT2D eigenvalue weighted by atomic mass is 35.5. The molecule has 5 nitrogen and oxygen atoms in total. The molecular formula is C13H12ClN5. The van der Waals surface area contributed by atoms with Crippen LogP contribution in [0.4, 0.5) is 5.82 Å². The first-order chi connectivity index (χ1) is 9.24. The number of fused-ring (bicyclic) bond motifs is 1. The maximum atomic E-state index is 6.24. The number of hydrogen-bond acceptors (Lipinski definition) is 4. The molecular weight excluding hydrogens is 262 g/mol. The highest BCUT2D eigenvalue weighted by Gasteiger charge is 2.09. The molecule has 0 atom stereocenters. The quantitative estimate of drug-likeness (QED) is 0.797. The van der Waals surface area contributed by atoms with Gasteiger partial charge in [-0.2, -0.15) is 0 Å². The van der Waals surface area contributed by atoms with E-state index in [1.54, 1.807) is 18.6 Å². The van der Waals surface area contributed by atoms with Gasteiger partial charge in [0.05, 0.1) is 23.5 Å². The molecule has 0 aliphatic heterocycles. The lowest BCUT2D eigenvalue weighted by atomic mass is 10.3. The summed E-state index contributed by atoms with van der Waals surface area (Å²) < 4.78 is 0. The molecule has 0 aliphatic carbocycles. The standard InChI is InChI=1S/C13H12ClN5/c1-19(8-9-7-15-4-5-16-9)12-6-11(14)10-2-3-17-13(10)18-12/h2-7H,8H2,1H3,(H,17,18). The van der Waals surface area contributed by atoms with E-state index in [-0.39, 0.29) is 0 Å². The Kier molecular flexibility index (Phi) is 3.05. The Morgan fingerprint density at radius 3 is 3.05 bits per heavy atom. The number of rotatable bonds is 3. The van der Waals surface area contributed by atoms with Crippen molar-refractivity contribution in [3.63, 3.8) is 0 Å². The minimum absolute atomic E-state index is 0.628. The number of halogens is 1. The van der Waals surface area contributed by atoms with Gasteiger partial charge in [-0.25, -0.2) is 4.98 Å². The van der Waals surface area contributed by atoms with Crippen LogP contribution in [0, 0.1) is 0 Å². The second-order valence-corrected chi connectivity index (χ2v) is 4.66. The van der Waals surface area contributed by atoms with Crippen molar-refractivity contribution in [3.05, 3.63) is 47.6 Å². The lowest BCUT2D eigenvalue weighted by Crippen LogP contribution is -2.18. The molecule has 0 saturated carbocycles. The van der Waals surface area contributed by atoms with Gasteiger partial charge in [0.15, 0.2) is 0 Å². The second kappa shape index (κ2) is 4.85. The molecule has 1 N–H and O–H groups in total. The molecule has 0 radical (unpaired) electrons. The molecule has 0 aliphatic rings. The number of aromatic nitrogens is 4. The molecule has 3 heterocycles. The zero-order valence-electron chi connectivity index (χ0n) is 10.3. The Labute approximate surface area is 115 Å². The molecule has 0 aromatic carbocycles. The van der Waals surface area contributed by atoms with Crippen LogP contribution in [-0.2, 0) is 6.54 Å². The van der Waals surface area contributed by atoms with Gasteiger partial charge >= 0.3 is 0 Å². The van der Waals surface area contributed by atoms with Gasteiger partial charge in [-0.05, 0) is 6.07 Å². The monoisotopic (exact) mass is 273 g/mol. The average Bonchev–Trinajstić information content (AvgIpc) is 2.88. The third-order valence-corrected chi connectivity index (χ3v) is 3.18. The van der Waals surface area contributed by atoms with Crippen LogP contribution >= 0.6 is 11.6 Å². The van der Waals surface area contributed by atoms with Crippen molar-refractivity contribution in [2.75, 3.05) is 11.9 Å². The van der Waals surface area contributed by atoms with Crippen LogP contribution in [-0.4, -0.2) is 27.0 Å². The van der Waals surface area contributed by atoms with Gasteiger partial charge in [0.2, 0.25) is 0 Å². The van der Waals surface area contributed by atoms with Gasteiger partial charge in [-0.3, -0.25) is 9.97 Å². The first-order valence-electron chi connectivity index (χ1n) is 5.84. The normalized spacial score (nSPS) is 10.8. The molecule has 0 amide bonds. The number of nitrogens with zero attached hydrogens (tertiary/aromatic N) is 4. The van der Waals surface area contributed by atoms with Crippen molar-refractivity contribution in [3.8, 4) is 0 Å². The second-order valence-electron chi connectivity index (χ2n) is 4.26. The molecule has 0 bridgehead atoms. The lowest BCUT2D eigenvalue weighted by molar-refractivity contribution is 0.858. The number of nitrogens with one attached hydrogen (secondary N) is 1. The molecule has 3 aromatic heterocycles. The van der Waals surface area contributed by atoms with E-state index in [0.29, 0.717) is 11.6 Å². The van der Waals surface area contributed by atoms with Crippen molar-refractivity contribution < 1.29 is 0 Å². The van der Waals surface area contributed by atoms with Crippen molar-refractivity contribution in [1.29, 1.82) is 0 Å². The van der Waals surface area contributed by atoms with Crippen molar-refractivity contribution in [1.82, 2.24) is 19.9 Å². The van der Waals surface area contributed by atoms with Gasteiger partial charge < -0.3 is 9.88 Å². The predicted molar refractivity (Wildman–Crippen MR) is 75.2 cm³/mol. The van der Waals surface area contributed by atoms with Gasteiger partial charge in [-0.15, -0.1) is 0 Å². The minimum Gasteiger partial charge on any atom is -0.354 e. The molecule has 0 spiro atoms. The van der Waals surface area contributed by atoms with Crippen molar-refractivity contribution in [2.24, 2.45) is 0 Å². The van der Waals surface area contributed by atoms with Crippen molar-refractivity contribution in [2.45, 2.75) is 6.54 Å². The number of H-pyrrole nitrogens is 1. The van der Waals surface area contributed by atoms with E-state index < -0.39 is 0 Å². The Hall–Kier alpha value is -2.14. The maximum absolute atomic E-state index is 6.24. The van der Waals surface area contributed by atoms with Crippen LogP contribution in [0.15, 0.2) is 36.9 Å². The molecule has 6 heteroatoms. The fourth-order valence-electron chi connectivity index (χ4n) is 1.91. The highest BCUT2D eigenvalue weighted by Crippen LogP contribution is 2.26. The lowest BCUT2D eigenvalue weighted by Gasteiger charge is -2.17. The van der Waals surface area contributed by atoms with E-state index >= 15 is 0 Å². The Morgan fingerprint density at radius 1 is 1.37 bits per heavy atom. The molecule has 0 saturated heterocycles. The topological polar surface area (TPSA) is 57.7 Å². The SMILES string of the molecule is CN(Cc1cnccn1)c1cc(Cl)c2cc[nH]c2n1. The summed E-state index contributed by atoms with van der Waals surface area (Å²) in [6.07, 6.45) is 6.91. The molecule has 0 unspecified atom stereocenters. The molecule has 3 rings (SSSR count). The Morgan fingerprint density at radius 2 is 2.26 bits per heavy atom. The van der Waals surface area contributed by atoms with Crippen molar-refractivity contribution >= 4 is 28.5 Å². The molecule has 3 aromatic rings. The third kappa shape index (κ3) is 2.37. The van der Waals surface area contributed by atoms with E-state index in [4.69, 9.17) is 11.6 Å². The van der Waals surface area contributed by atoms with Gasteiger partial charge in [0, 0.05) is 37.1 Å². The van der Waals surface area contributed by atoms with Crippen LogP contribution in [0.5, 0.6) is 0 Å². The summed E-state index contributed by atoms with van der Waals surface area (Å²) in [4.78, 5) is 17.9. The van der Waals surface area contributed by atoms with Crippen LogP contribution < -0.4 is 4.90 Å². The number of anilines is 1. The van der Waals surface area contributed by atoms with E-state index in [2.05, 4.69) is 19.9 Å². The molecule has 19 heavy (non-hydrogen) atoms. The summed E-state index contributed by atoms with van der Waals surface area (Å²) in [5, 5.41) is 1.62. The van der Waals surface area contributed by atoms with E-state index in [9.17, 15) is 0 Å². The van der Waals surface area contributed by atoms with Gasteiger partial charge in [0.1, 0.15) is 11.5 Å². The Balaban J connectivity index is 1.91. The summed E-state index contributed by atoms with van der Waals surface area (Å²) in [6, 6.07) is 3.77. The largest absolute Gasteiger partial charge is 0.354 e. The maximum Gasteiger partial charge on any atom is 0.141 e. The summed E-state index contributed by atoms with van der Waals surface area (Å²) in [6.45, 7) is 0.628. The smallest absolute Gasteiger partial charge is 0.141 e.